The second-order valence-corrected chi connectivity index (χ2v) is 12.6. The van der Waals surface area contributed by atoms with Crippen LogP contribution in [-0.4, -0.2) is 45.9 Å². The van der Waals surface area contributed by atoms with Gasteiger partial charge in [-0.1, -0.05) is 5.16 Å². The molecule has 0 radical (unpaired) electrons. The van der Waals surface area contributed by atoms with Crippen molar-refractivity contribution in [2.75, 3.05) is 0 Å². The van der Waals surface area contributed by atoms with Gasteiger partial charge in [-0.15, -0.1) is 0 Å². The minimum absolute atomic E-state index is 0.0150. The lowest BCUT2D eigenvalue weighted by Crippen LogP contribution is -2.50. The van der Waals surface area contributed by atoms with Gasteiger partial charge in [0.15, 0.2) is 5.76 Å². The molecule has 3 atom stereocenters. The summed E-state index contributed by atoms with van der Waals surface area (Å²) in [6.45, 7) is 5.69. The maximum absolute atomic E-state index is 13.7. The van der Waals surface area contributed by atoms with Gasteiger partial charge in [-0.2, -0.15) is 0 Å². The molecule has 34 heavy (non-hydrogen) atoms. The number of fused-ring (bicyclic) bond motifs is 5. The zero-order valence-electron chi connectivity index (χ0n) is 20.8. The SMILES string of the molecule is CC(C)(C)OC(=O)N1[C@@H]2CC[C@H]1CC(OC(=O)c1c(C34CCC(CC3)CC4)noc1C1CC1)C2. The van der Waals surface area contributed by atoms with Crippen LogP contribution in [0.1, 0.15) is 126 Å². The van der Waals surface area contributed by atoms with Crippen LogP contribution >= 0.6 is 0 Å². The van der Waals surface area contributed by atoms with Crippen molar-refractivity contribution < 1.29 is 23.6 Å². The number of hydrogen-bond donors (Lipinski definition) is 0. The van der Waals surface area contributed by atoms with Crippen molar-refractivity contribution in [3.8, 4) is 0 Å². The molecule has 1 aromatic heterocycles. The molecule has 186 valence electrons. The number of hydrogen-bond acceptors (Lipinski definition) is 6. The van der Waals surface area contributed by atoms with E-state index in [2.05, 4.69) is 5.16 Å². The first kappa shape index (κ1) is 22.4. The normalized spacial score (nSPS) is 34.9. The number of amides is 1. The van der Waals surface area contributed by atoms with E-state index in [0.717, 1.165) is 62.3 Å². The molecule has 2 saturated heterocycles. The van der Waals surface area contributed by atoms with Gasteiger partial charge in [0, 0.05) is 36.3 Å². The van der Waals surface area contributed by atoms with E-state index in [1.807, 2.05) is 25.7 Å². The van der Waals surface area contributed by atoms with Gasteiger partial charge in [0.2, 0.25) is 0 Å². The monoisotopic (exact) mass is 470 g/mol. The van der Waals surface area contributed by atoms with E-state index in [-0.39, 0.29) is 35.7 Å². The van der Waals surface area contributed by atoms with Gasteiger partial charge in [-0.3, -0.25) is 0 Å². The number of carbonyl (C=O) groups is 2. The number of nitrogens with zero attached hydrogens (tertiary/aromatic N) is 2. The Morgan fingerprint density at radius 2 is 1.59 bits per heavy atom. The Labute approximate surface area is 201 Å². The summed E-state index contributed by atoms with van der Waals surface area (Å²) in [5, 5.41) is 4.55. The number of piperidine rings is 1. The predicted octanol–water partition coefficient (Wildman–Crippen LogP) is 5.86. The molecular formula is C27H38N2O5. The Hall–Kier alpha value is -2.05. The molecule has 7 nitrogen and oxygen atoms in total. The summed E-state index contributed by atoms with van der Waals surface area (Å²) in [5.41, 5.74) is 0.997. The van der Waals surface area contributed by atoms with Crippen LogP contribution in [0.25, 0.3) is 0 Å². The maximum atomic E-state index is 13.7. The third-order valence-electron chi connectivity index (χ3n) is 9.03. The van der Waals surface area contributed by atoms with Gasteiger partial charge in [0.05, 0.1) is 0 Å². The Bertz CT molecular complexity index is 938. The van der Waals surface area contributed by atoms with E-state index < -0.39 is 5.60 Å². The van der Waals surface area contributed by atoms with Gasteiger partial charge in [0.25, 0.3) is 0 Å². The zero-order valence-corrected chi connectivity index (χ0v) is 20.8. The second kappa shape index (κ2) is 7.99. The first-order chi connectivity index (χ1) is 16.2. The van der Waals surface area contributed by atoms with Crippen molar-refractivity contribution in [3.63, 3.8) is 0 Å². The fourth-order valence-corrected chi connectivity index (χ4v) is 7.14. The van der Waals surface area contributed by atoms with Crippen molar-refractivity contribution >= 4 is 12.1 Å². The number of ether oxygens (including phenoxy) is 2. The maximum Gasteiger partial charge on any atom is 0.410 e. The number of esters is 1. The average molecular weight is 471 g/mol. The summed E-state index contributed by atoms with van der Waals surface area (Å²) in [5.74, 6) is 1.66. The van der Waals surface area contributed by atoms with Crippen molar-refractivity contribution in [2.24, 2.45) is 5.92 Å². The predicted molar refractivity (Wildman–Crippen MR) is 125 cm³/mol. The third-order valence-corrected chi connectivity index (χ3v) is 9.03. The van der Waals surface area contributed by atoms with E-state index in [1.165, 1.54) is 19.3 Å². The van der Waals surface area contributed by atoms with E-state index in [4.69, 9.17) is 14.0 Å². The highest BCUT2D eigenvalue weighted by atomic mass is 16.6. The second-order valence-electron chi connectivity index (χ2n) is 12.6. The lowest BCUT2D eigenvalue weighted by Gasteiger charge is -2.45. The summed E-state index contributed by atoms with van der Waals surface area (Å²) in [6.07, 6.45) is 11.9. The Morgan fingerprint density at radius 1 is 0.971 bits per heavy atom. The Kier molecular flexibility index (Phi) is 5.27. The molecule has 0 N–H and O–H groups in total. The van der Waals surface area contributed by atoms with Crippen molar-refractivity contribution in [3.05, 3.63) is 17.0 Å². The standard InChI is InChI=1S/C27H38N2O5/c1-26(2,3)33-25(31)29-18-6-7-19(29)15-20(14-18)32-24(30)21-22(17-4-5-17)34-28-23(21)27-11-8-16(9-12-27)10-13-27/h16-20H,4-15H2,1-3H3/t16?,18-,19+,20?,27?. The van der Waals surface area contributed by atoms with Gasteiger partial charge in [0.1, 0.15) is 23.0 Å². The molecule has 7 heteroatoms. The van der Waals surface area contributed by atoms with Crippen LogP contribution in [-0.2, 0) is 14.9 Å². The summed E-state index contributed by atoms with van der Waals surface area (Å²) >= 11 is 0. The fourth-order valence-electron chi connectivity index (χ4n) is 7.14. The van der Waals surface area contributed by atoms with Crippen LogP contribution < -0.4 is 0 Å². The molecule has 7 rings (SSSR count). The highest BCUT2D eigenvalue weighted by Gasteiger charge is 2.50. The number of rotatable bonds is 4. The molecule has 0 spiro atoms. The van der Waals surface area contributed by atoms with E-state index in [0.29, 0.717) is 24.3 Å². The number of carbonyl (C=O) groups excluding carboxylic acids is 2. The average Bonchev–Trinajstić information content (AvgIpc) is 3.47. The lowest BCUT2D eigenvalue weighted by molar-refractivity contribution is -0.0228. The van der Waals surface area contributed by atoms with Crippen LogP contribution in [0, 0.1) is 5.92 Å². The van der Waals surface area contributed by atoms with E-state index in [1.54, 1.807) is 0 Å². The third kappa shape index (κ3) is 3.93. The van der Waals surface area contributed by atoms with Crippen LogP contribution in [0.5, 0.6) is 0 Å². The quantitative estimate of drug-likeness (QED) is 0.513. The minimum Gasteiger partial charge on any atom is -0.458 e. The molecule has 6 fully saturated rings. The molecule has 1 amide bonds. The first-order valence-electron chi connectivity index (χ1n) is 13.4. The van der Waals surface area contributed by atoms with Gasteiger partial charge in [-0.05, 0) is 90.9 Å². The summed E-state index contributed by atoms with van der Waals surface area (Å²) in [7, 11) is 0. The summed E-state index contributed by atoms with van der Waals surface area (Å²) in [4.78, 5) is 28.4. The Balaban J connectivity index is 1.20. The van der Waals surface area contributed by atoms with Gasteiger partial charge < -0.3 is 18.9 Å². The van der Waals surface area contributed by atoms with Crippen LogP contribution in [0.15, 0.2) is 4.52 Å². The molecule has 1 unspecified atom stereocenters. The molecule has 6 aliphatic rings. The Morgan fingerprint density at radius 3 is 2.15 bits per heavy atom. The topological polar surface area (TPSA) is 81.9 Å². The fraction of sp³-hybridized carbons (Fsp3) is 0.815. The highest BCUT2D eigenvalue weighted by Crippen LogP contribution is 2.54. The van der Waals surface area contributed by atoms with Crippen molar-refractivity contribution in [1.29, 1.82) is 0 Å². The first-order valence-corrected chi connectivity index (χ1v) is 13.4. The van der Waals surface area contributed by atoms with E-state index >= 15 is 0 Å². The van der Waals surface area contributed by atoms with Crippen molar-refractivity contribution in [1.82, 2.24) is 10.1 Å². The van der Waals surface area contributed by atoms with Crippen molar-refractivity contribution in [2.45, 2.75) is 133 Å². The molecule has 4 aliphatic carbocycles. The van der Waals surface area contributed by atoms with Gasteiger partial charge in [-0.25, -0.2) is 9.59 Å². The van der Waals surface area contributed by atoms with Crippen LogP contribution in [0.3, 0.4) is 0 Å². The van der Waals surface area contributed by atoms with Gasteiger partial charge >= 0.3 is 12.1 Å². The molecule has 1 aromatic rings. The van der Waals surface area contributed by atoms with Crippen LogP contribution in [0.2, 0.25) is 0 Å². The highest BCUT2D eigenvalue weighted by molar-refractivity contribution is 5.92. The lowest BCUT2D eigenvalue weighted by atomic mass is 9.59. The molecule has 3 heterocycles. The smallest absolute Gasteiger partial charge is 0.410 e. The van der Waals surface area contributed by atoms with E-state index in [9.17, 15) is 9.59 Å². The molecule has 2 aliphatic heterocycles. The van der Waals surface area contributed by atoms with Crippen LogP contribution in [0.4, 0.5) is 4.79 Å². The minimum atomic E-state index is -0.512. The molecule has 0 aromatic carbocycles. The molecule has 4 saturated carbocycles. The summed E-state index contributed by atoms with van der Waals surface area (Å²) < 4.78 is 17.7. The summed E-state index contributed by atoms with van der Waals surface area (Å²) in [6, 6.07) is 0.145. The molecular weight excluding hydrogens is 432 g/mol. The molecule has 4 bridgehead atoms. The largest absolute Gasteiger partial charge is 0.458 e. The number of aromatic nitrogens is 1. The zero-order chi connectivity index (χ0) is 23.7.